The van der Waals surface area contributed by atoms with E-state index >= 15 is 0 Å². The molecule has 110 valence electrons. The van der Waals surface area contributed by atoms with Crippen LogP contribution < -0.4 is 11.2 Å². The van der Waals surface area contributed by atoms with Crippen molar-refractivity contribution in [2.45, 2.75) is 38.9 Å². The Morgan fingerprint density at radius 1 is 1.30 bits per heavy atom. The SMILES string of the molecule is CC(F)CCCCn1c(=O)c2c(ncn2C)n(C)c1=O. The molecule has 2 aromatic heterocycles. The van der Waals surface area contributed by atoms with Gasteiger partial charge < -0.3 is 4.57 Å². The molecular weight excluding hydrogens is 263 g/mol. The van der Waals surface area contributed by atoms with Crippen LogP contribution in [0.15, 0.2) is 15.9 Å². The average molecular weight is 282 g/mol. The summed E-state index contributed by atoms with van der Waals surface area (Å²) in [6.45, 7) is 1.81. The summed E-state index contributed by atoms with van der Waals surface area (Å²) >= 11 is 0. The summed E-state index contributed by atoms with van der Waals surface area (Å²) in [6, 6.07) is 0. The predicted molar refractivity (Wildman–Crippen MR) is 74.6 cm³/mol. The van der Waals surface area contributed by atoms with Gasteiger partial charge >= 0.3 is 5.69 Å². The van der Waals surface area contributed by atoms with E-state index in [2.05, 4.69) is 4.98 Å². The van der Waals surface area contributed by atoms with Crippen LogP contribution in [0.25, 0.3) is 11.2 Å². The largest absolute Gasteiger partial charge is 0.332 e. The smallest absolute Gasteiger partial charge is 0.328 e. The maximum Gasteiger partial charge on any atom is 0.332 e. The molecule has 0 amide bonds. The summed E-state index contributed by atoms with van der Waals surface area (Å²) in [5.41, 5.74) is 0.0768. The van der Waals surface area contributed by atoms with Gasteiger partial charge in [0, 0.05) is 20.6 Å². The Kier molecular flexibility index (Phi) is 4.06. The van der Waals surface area contributed by atoms with Crippen molar-refractivity contribution in [1.82, 2.24) is 18.7 Å². The fraction of sp³-hybridized carbons (Fsp3) is 0.615. The van der Waals surface area contributed by atoms with Gasteiger partial charge in [0.05, 0.1) is 12.5 Å². The molecular formula is C13H19FN4O2. The maximum absolute atomic E-state index is 12.7. The summed E-state index contributed by atoms with van der Waals surface area (Å²) in [6.07, 6.45) is 2.36. The van der Waals surface area contributed by atoms with Crippen molar-refractivity contribution in [3.8, 4) is 0 Å². The van der Waals surface area contributed by atoms with Crippen LogP contribution in [0, 0.1) is 0 Å². The number of halogens is 1. The van der Waals surface area contributed by atoms with Gasteiger partial charge in [0.1, 0.15) is 0 Å². The molecule has 1 atom stereocenters. The highest BCUT2D eigenvalue weighted by molar-refractivity contribution is 5.69. The fourth-order valence-electron chi connectivity index (χ4n) is 2.29. The Hall–Kier alpha value is -1.92. The zero-order valence-corrected chi connectivity index (χ0v) is 12.0. The molecule has 0 aliphatic heterocycles. The van der Waals surface area contributed by atoms with Crippen LogP contribution in [0.3, 0.4) is 0 Å². The van der Waals surface area contributed by atoms with E-state index in [1.54, 1.807) is 18.7 Å². The first kappa shape index (κ1) is 14.5. The number of hydrogen-bond donors (Lipinski definition) is 0. The van der Waals surface area contributed by atoms with Crippen molar-refractivity contribution in [2.75, 3.05) is 0 Å². The zero-order valence-electron chi connectivity index (χ0n) is 12.0. The molecule has 7 heteroatoms. The molecule has 0 saturated heterocycles. The average Bonchev–Trinajstić information content (AvgIpc) is 2.77. The fourth-order valence-corrected chi connectivity index (χ4v) is 2.29. The number of rotatable bonds is 5. The summed E-state index contributed by atoms with van der Waals surface area (Å²) < 4.78 is 16.9. The Balaban J connectivity index is 2.36. The predicted octanol–water partition coefficient (Wildman–Crippen LogP) is 0.962. The first-order chi connectivity index (χ1) is 9.43. The van der Waals surface area contributed by atoms with Crippen LogP contribution in [-0.2, 0) is 20.6 Å². The monoisotopic (exact) mass is 282 g/mol. The highest BCUT2D eigenvalue weighted by Gasteiger charge is 2.14. The Morgan fingerprint density at radius 3 is 2.65 bits per heavy atom. The topological polar surface area (TPSA) is 61.8 Å². The van der Waals surface area contributed by atoms with Crippen molar-refractivity contribution in [3.63, 3.8) is 0 Å². The molecule has 6 nitrogen and oxygen atoms in total. The summed E-state index contributed by atoms with van der Waals surface area (Å²) in [5, 5.41) is 0. The van der Waals surface area contributed by atoms with E-state index in [0.717, 1.165) is 0 Å². The molecule has 0 aromatic carbocycles. The third-order valence-corrected chi connectivity index (χ3v) is 3.43. The number of fused-ring (bicyclic) bond motifs is 1. The minimum atomic E-state index is -0.853. The molecule has 0 radical (unpaired) electrons. The van der Waals surface area contributed by atoms with E-state index in [-0.39, 0.29) is 11.2 Å². The Labute approximate surface area is 115 Å². The molecule has 0 fully saturated rings. The molecule has 0 saturated carbocycles. The van der Waals surface area contributed by atoms with Crippen LogP contribution in [0.4, 0.5) is 4.39 Å². The van der Waals surface area contributed by atoms with E-state index in [4.69, 9.17) is 0 Å². The van der Waals surface area contributed by atoms with E-state index < -0.39 is 6.17 Å². The number of nitrogens with zero attached hydrogens (tertiary/aromatic N) is 4. The number of aromatic nitrogens is 4. The van der Waals surface area contributed by atoms with Crippen LogP contribution in [-0.4, -0.2) is 24.9 Å². The molecule has 0 aliphatic rings. The standard InChI is InChI=1S/C13H19FN4O2/c1-9(14)6-4-5-7-18-12(19)10-11(15-8-16(10)2)17(3)13(18)20/h8-9H,4-7H2,1-3H3. The van der Waals surface area contributed by atoms with Crippen LogP contribution in [0.1, 0.15) is 26.2 Å². The van der Waals surface area contributed by atoms with Crippen molar-refractivity contribution >= 4 is 11.2 Å². The van der Waals surface area contributed by atoms with Gasteiger partial charge in [0.25, 0.3) is 5.56 Å². The molecule has 2 heterocycles. The van der Waals surface area contributed by atoms with Crippen LogP contribution in [0.5, 0.6) is 0 Å². The lowest BCUT2D eigenvalue weighted by Crippen LogP contribution is -2.39. The summed E-state index contributed by atoms with van der Waals surface area (Å²) in [7, 11) is 3.31. The number of hydrogen-bond acceptors (Lipinski definition) is 3. The second-order valence-electron chi connectivity index (χ2n) is 5.10. The van der Waals surface area contributed by atoms with Gasteiger partial charge in [-0.05, 0) is 26.2 Å². The normalized spacial score (nSPS) is 13.0. The van der Waals surface area contributed by atoms with Crippen molar-refractivity contribution in [3.05, 3.63) is 27.2 Å². The molecule has 0 spiro atoms. The van der Waals surface area contributed by atoms with Gasteiger partial charge in [-0.1, -0.05) is 0 Å². The molecule has 20 heavy (non-hydrogen) atoms. The second-order valence-corrected chi connectivity index (χ2v) is 5.10. The number of aryl methyl sites for hydroxylation is 2. The summed E-state index contributed by atoms with van der Waals surface area (Å²) in [5.74, 6) is 0. The number of alkyl halides is 1. The number of unbranched alkanes of at least 4 members (excludes halogenated alkanes) is 1. The quantitative estimate of drug-likeness (QED) is 0.767. The third-order valence-electron chi connectivity index (χ3n) is 3.43. The molecule has 0 N–H and O–H groups in total. The van der Waals surface area contributed by atoms with E-state index in [0.29, 0.717) is 37.0 Å². The van der Waals surface area contributed by atoms with E-state index in [9.17, 15) is 14.0 Å². The molecule has 2 aromatic rings. The van der Waals surface area contributed by atoms with Crippen LogP contribution >= 0.6 is 0 Å². The van der Waals surface area contributed by atoms with E-state index in [1.807, 2.05) is 0 Å². The van der Waals surface area contributed by atoms with Crippen molar-refractivity contribution < 1.29 is 4.39 Å². The molecule has 0 bridgehead atoms. The van der Waals surface area contributed by atoms with E-state index in [1.165, 1.54) is 22.4 Å². The third kappa shape index (κ3) is 2.52. The van der Waals surface area contributed by atoms with Crippen LogP contribution in [0.2, 0.25) is 0 Å². The minimum Gasteiger partial charge on any atom is -0.328 e. The Morgan fingerprint density at radius 2 is 2.00 bits per heavy atom. The highest BCUT2D eigenvalue weighted by atomic mass is 19.1. The first-order valence-corrected chi connectivity index (χ1v) is 6.68. The lowest BCUT2D eigenvalue weighted by Gasteiger charge is -2.08. The van der Waals surface area contributed by atoms with Crippen molar-refractivity contribution in [2.24, 2.45) is 14.1 Å². The second kappa shape index (κ2) is 5.60. The zero-order chi connectivity index (χ0) is 14.9. The van der Waals surface area contributed by atoms with Gasteiger partial charge in [0.2, 0.25) is 0 Å². The minimum absolute atomic E-state index is 0.305. The molecule has 1 unspecified atom stereocenters. The van der Waals surface area contributed by atoms with Gasteiger partial charge in [-0.25, -0.2) is 14.2 Å². The summed E-state index contributed by atoms with van der Waals surface area (Å²) in [4.78, 5) is 28.5. The highest BCUT2D eigenvalue weighted by Crippen LogP contribution is 2.06. The van der Waals surface area contributed by atoms with Gasteiger partial charge in [-0.2, -0.15) is 0 Å². The molecule has 2 rings (SSSR count). The van der Waals surface area contributed by atoms with Gasteiger partial charge in [0.15, 0.2) is 11.2 Å². The first-order valence-electron chi connectivity index (χ1n) is 6.68. The van der Waals surface area contributed by atoms with Gasteiger partial charge in [-0.3, -0.25) is 13.9 Å². The lowest BCUT2D eigenvalue weighted by atomic mass is 10.2. The maximum atomic E-state index is 12.7. The molecule has 0 aliphatic carbocycles. The van der Waals surface area contributed by atoms with Crippen molar-refractivity contribution in [1.29, 1.82) is 0 Å². The van der Waals surface area contributed by atoms with Gasteiger partial charge in [-0.15, -0.1) is 0 Å². The number of imidazole rings is 1. The lowest BCUT2D eigenvalue weighted by molar-refractivity contribution is 0.328. The Bertz CT molecular complexity index is 726.